The van der Waals surface area contributed by atoms with Crippen LogP contribution < -0.4 is 10.1 Å². The minimum absolute atomic E-state index is 0. The Morgan fingerprint density at radius 2 is 2.00 bits per heavy atom. The van der Waals surface area contributed by atoms with Gasteiger partial charge in [-0.05, 0) is 50.9 Å². The SMILES string of the molecule is Cl.O=C(C1CCNCC1)N1CCCC(COc2ccccc2Cl)C1. The van der Waals surface area contributed by atoms with E-state index < -0.39 is 0 Å². The van der Waals surface area contributed by atoms with Crippen molar-refractivity contribution < 1.29 is 9.53 Å². The quantitative estimate of drug-likeness (QED) is 0.880. The van der Waals surface area contributed by atoms with Crippen molar-refractivity contribution >= 4 is 29.9 Å². The fourth-order valence-corrected chi connectivity index (χ4v) is 3.69. The van der Waals surface area contributed by atoms with Crippen LogP contribution in [0.4, 0.5) is 0 Å². The molecule has 1 atom stereocenters. The monoisotopic (exact) mass is 372 g/mol. The second kappa shape index (κ2) is 9.50. The molecule has 24 heavy (non-hydrogen) atoms. The van der Waals surface area contributed by atoms with E-state index in [1.807, 2.05) is 24.3 Å². The van der Waals surface area contributed by atoms with Gasteiger partial charge in [0, 0.05) is 24.9 Å². The highest BCUT2D eigenvalue weighted by molar-refractivity contribution is 6.32. The molecule has 134 valence electrons. The van der Waals surface area contributed by atoms with E-state index in [4.69, 9.17) is 16.3 Å². The van der Waals surface area contributed by atoms with Crippen molar-refractivity contribution in [2.24, 2.45) is 11.8 Å². The summed E-state index contributed by atoms with van der Waals surface area (Å²) >= 11 is 6.13. The Morgan fingerprint density at radius 3 is 2.75 bits per heavy atom. The maximum Gasteiger partial charge on any atom is 0.225 e. The highest BCUT2D eigenvalue weighted by atomic mass is 35.5. The van der Waals surface area contributed by atoms with Crippen LogP contribution in [0.15, 0.2) is 24.3 Å². The molecule has 0 spiro atoms. The fourth-order valence-electron chi connectivity index (χ4n) is 3.50. The first kappa shape index (κ1) is 19.4. The largest absolute Gasteiger partial charge is 0.492 e. The van der Waals surface area contributed by atoms with E-state index >= 15 is 0 Å². The van der Waals surface area contributed by atoms with Gasteiger partial charge in [0.1, 0.15) is 5.75 Å². The molecule has 2 heterocycles. The van der Waals surface area contributed by atoms with E-state index in [1.165, 1.54) is 0 Å². The molecule has 4 nitrogen and oxygen atoms in total. The van der Waals surface area contributed by atoms with Crippen LogP contribution in [0.5, 0.6) is 5.75 Å². The Bertz CT molecular complexity index is 536. The van der Waals surface area contributed by atoms with Crippen LogP contribution in [0.25, 0.3) is 0 Å². The average Bonchev–Trinajstić information content (AvgIpc) is 2.61. The van der Waals surface area contributed by atoms with E-state index in [-0.39, 0.29) is 18.3 Å². The summed E-state index contributed by atoms with van der Waals surface area (Å²) in [5, 5.41) is 3.97. The van der Waals surface area contributed by atoms with Crippen molar-refractivity contribution in [1.82, 2.24) is 10.2 Å². The summed E-state index contributed by atoms with van der Waals surface area (Å²) in [6.07, 6.45) is 4.11. The van der Waals surface area contributed by atoms with Gasteiger partial charge in [-0.25, -0.2) is 0 Å². The smallest absolute Gasteiger partial charge is 0.225 e. The summed E-state index contributed by atoms with van der Waals surface area (Å²) in [5.41, 5.74) is 0. The number of likely N-dealkylation sites (tertiary alicyclic amines) is 1. The minimum Gasteiger partial charge on any atom is -0.492 e. The maximum atomic E-state index is 12.7. The zero-order valence-electron chi connectivity index (χ0n) is 13.9. The van der Waals surface area contributed by atoms with Gasteiger partial charge < -0.3 is 15.0 Å². The van der Waals surface area contributed by atoms with Crippen LogP contribution in [-0.4, -0.2) is 43.6 Å². The second-order valence-corrected chi connectivity index (χ2v) is 6.97. The molecule has 0 saturated carbocycles. The topological polar surface area (TPSA) is 41.6 Å². The summed E-state index contributed by atoms with van der Waals surface area (Å²) in [6.45, 7) is 4.25. The van der Waals surface area contributed by atoms with Crippen molar-refractivity contribution in [3.05, 3.63) is 29.3 Å². The molecule has 3 rings (SSSR count). The number of carbonyl (C=O) groups excluding carboxylic acids is 1. The van der Waals surface area contributed by atoms with E-state index in [0.29, 0.717) is 23.5 Å². The predicted octanol–water partition coefficient (Wildman–Crippen LogP) is 3.38. The van der Waals surface area contributed by atoms with Crippen molar-refractivity contribution in [2.75, 3.05) is 32.8 Å². The molecular formula is C18H26Cl2N2O2. The number of hydrogen-bond acceptors (Lipinski definition) is 3. The zero-order chi connectivity index (χ0) is 16.1. The zero-order valence-corrected chi connectivity index (χ0v) is 15.5. The van der Waals surface area contributed by atoms with E-state index in [9.17, 15) is 4.79 Å². The van der Waals surface area contributed by atoms with Gasteiger partial charge in [-0.3, -0.25) is 4.79 Å². The van der Waals surface area contributed by atoms with Gasteiger partial charge in [0.05, 0.1) is 11.6 Å². The predicted molar refractivity (Wildman–Crippen MR) is 99.1 cm³/mol. The molecule has 1 unspecified atom stereocenters. The Kier molecular flexibility index (Phi) is 7.66. The first-order valence-corrected chi connectivity index (χ1v) is 8.98. The number of benzene rings is 1. The Morgan fingerprint density at radius 1 is 1.25 bits per heavy atom. The van der Waals surface area contributed by atoms with Crippen molar-refractivity contribution in [1.29, 1.82) is 0 Å². The molecule has 0 radical (unpaired) electrons. The number of amides is 1. The minimum atomic E-state index is 0. The first-order valence-electron chi connectivity index (χ1n) is 8.61. The number of halogens is 2. The highest BCUT2D eigenvalue weighted by Gasteiger charge is 2.29. The lowest BCUT2D eigenvalue weighted by Gasteiger charge is -2.36. The Hall–Kier alpha value is -0.970. The van der Waals surface area contributed by atoms with Crippen LogP contribution >= 0.6 is 24.0 Å². The Balaban J connectivity index is 0.00000208. The second-order valence-electron chi connectivity index (χ2n) is 6.56. The van der Waals surface area contributed by atoms with Crippen LogP contribution in [-0.2, 0) is 4.79 Å². The van der Waals surface area contributed by atoms with Gasteiger partial charge in [0.2, 0.25) is 5.91 Å². The van der Waals surface area contributed by atoms with Gasteiger partial charge in [-0.2, -0.15) is 0 Å². The normalized spacial score (nSPS) is 21.9. The van der Waals surface area contributed by atoms with Gasteiger partial charge in [-0.15, -0.1) is 12.4 Å². The Labute approximate surface area is 155 Å². The molecule has 1 aromatic rings. The number of hydrogen-bond donors (Lipinski definition) is 1. The van der Waals surface area contributed by atoms with Gasteiger partial charge in [0.25, 0.3) is 0 Å². The molecule has 2 aliphatic heterocycles. The van der Waals surface area contributed by atoms with Gasteiger partial charge >= 0.3 is 0 Å². The summed E-state index contributed by atoms with van der Waals surface area (Å²) in [4.78, 5) is 14.7. The summed E-state index contributed by atoms with van der Waals surface area (Å²) < 4.78 is 5.87. The molecule has 2 aliphatic rings. The third-order valence-electron chi connectivity index (χ3n) is 4.83. The molecular weight excluding hydrogens is 347 g/mol. The van der Waals surface area contributed by atoms with Crippen molar-refractivity contribution in [3.63, 3.8) is 0 Å². The number of piperidine rings is 2. The molecule has 0 aliphatic carbocycles. The number of rotatable bonds is 4. The lowest BCUT2D eigenvalue weighted by Crippen LogP contribution is -2.46. The fraction of sp³-hybridized carbons (Fsp3) is 0.611. The molecule has 1 N–H and O–H groups in total. The third kappa shape index (κ3) is 5.01. The van der Waals surface area contributed by atoms with Crippen LogP contribution in [0, 0.1) is 11.8 Å². The summed E-state index contributed by atoms with van der Waals surface area (Å²) in [7, 11) is 0. The molecule has 0 aromatic heterocycles. The number of carbonyl (C=O) groups is 1. The molecule has 2 fully saturated rings. The first-order chi connectivity index (χ1) is 11.2. The number of para-hydroxylation sites is 1. The van der Waals surface area contributed by atoms with E-state index in [0.717, 1.165) is 57.6 Å². The van der Waals surface area contributed by atoms with Crippen molar-refractivity contribution in [2.45, 2.75) is 25.7 Å². The summed E-state index contributed by atoms with van der Waals surface area (Å²) in [6, 6.07) is 7.55. The maximum absolute atomic E-state index is 12.7. The molecule has 0 bridgehead atoms. The van der Waals surface area contributed by atoms with Crippen LogP contribution in [0.2, 0.25) is 5.02 Å². The lowest BCUT2D eigenvalue weighted by atomic mass is 9.93. The van der Waals surface area contributed by atoms with Crippen molar-refractivity contribution in [3.8, 4) is 5.75 Å². The number of nitrogens with zero attached hydrogens (tertiary/aromatic N) is 1. The standard InChI is InChI=1S/C18H25ClN2O2.ClH/c19-16-5-1-2-6-17(16)23-13-14-4-3-11-21(12-14)18(22)15-7-9-20-10-8-15;/h1-2,5-6,14-15,20H,3-4,7-13H2;1H. The van der Waals surface area contributed by atoms with E-state index in [2.05, 4.69) is 10.2 Å². The number of ether oxygens (including phenoxy) is 1. The molecule has 2 saturated heterocycles. The summed E-state index contributed by atoms with van der Waals surface area (Å²) in [5.74, 6) is 1.68. The molecule has 1 amide bonds. The van der Waals surface area contributed by atoms with Gasteiger partial charge in [0.15, 0.2) is 0 Å². The van der Waals surface area contributed by atoms with Crippen LogP contribution in [0.1, 0.15) is 25.7 Å². The number of nitrogens with one attached hydrogen (secondary N) is 1. The van der Waals surface area contributed by atoms with E-state index in [1.54, 1.807) is 0 Å². The third-order valence-corrected chi connectivity index (χ3v) is 5.14. The van der Waals surface area contributed by atoms with Crippen LogP contribution in [0.3, 0.4) is 0 Å². The highest BCUT2D eigenvalue weighted by Crippen LogP contribution is 2.26. The molecule has 1 aromatic carbocycles. The average molecular weight is 373 g/mol. The van der Waals surface area contributed by atoms with Gasteiger partial charge in [-0.1, -0.05) is 23.7 Å². The molecule has 6 heteroatoms. The lowest BCUT2D eigenvalue weighted by molar-refractivity contribution is -0.138.